The van der Waals surface area contributed by atoms with Crippen LogP contribution in [0.3, 0.4) is 0 Å². The normalized spacial score (nSPS) is 11.6. The first kappa shape index (κ1) is 22.2. The van der Waals surface area contributed by atoms with Crippen LogP contribution in [0.5, 0.6) is 0 Å². The highest BCUT2D eigenvalue weighted by Gasteiger charge is 2.54. The van der Waals surface area contributed by atoms with Crippen LogP contribution in [0.2, 0.25) is 0 Å². The summed E-state index contributed by atoms with van der Waals surface area (Å²) in [6, 6.07) is 13.0. The number of hydrogen-bond acceptors (Lipinski definition) is 5. The van der Waals surface area contributed by atoms with Crippen LogP contribution >= 0.6 is 24.0 Å². The van der Waals surface area contributed by atoms with Crippen molar-refractivity contribution in [1.29, 1.82) is 5.26 Å². The van der Waals surface area contributed by atoms with Gasteiger partial charge in [0.05, 0.1) is 30.0 Å². The molecule has 0 aliphatic rings. The van der Waals surface area contributed by atoms with Crippen LogP contribution < -0.4 is 5.32 Å². The van der Waals surface area contributed by atoms with Crippen LogP contribution in [-0.2, 0) is 19.6 Å². The lowest BCUT2D eigenvalue weighted by Gasteiger charge is -2.21. The molecule has 0 radical (unpaired) electrons. The van der Waals surface area contributed by atoms with Gasteiger partial charge in [-0.3, -0.25) is 4.79 Å². The Kier molecular flexibility index (Phi) is 7.81. The van der Waals surface area contributed by atoms with E-state index in [1.54, 1.807) is 32.0 Å². The molecule has 1 amide bonds. The van der Waals surface area contributed by atoms with E-state index in [9.17, 15) is 19.5 Å². The standard InChI is InChI=1S/C19H18BrN2O5P/c1-3-26-19(27-4-2,28(24)25)15-7-5-13(6-8-15)18(23)22-17-10-9-16(20)11-14(17)12-21/h5-11H,3-4H2,1-2H3,(H-,22,23,24,25)/p+1. The van der Waals surface area contributed by atoms with Gasteiger partial charge in [-0.15, -0.1) is 0 Å². The molecule has 0 saturated carbocycles. The van der Waals surface area contributed by atoms with Gasteiger partial charge in [0.25, 0.3) is 5.91 Å². The molecule has 2 aromatic rings. The van der Waals surface area contributed by atoms with Gasteiger partial charge >= 0.3 is 13.6 Å². The fourth-order valence-electron chi connectivity index (χ4n) is 2.57. The number of amides is 1. The van der Waals surface area contributed by atoms with E-state index in [1.165, 1.54) is 24.3 Å². The number of hydrogen-bond donors (Lipinski definition) is 2. The van der Waals surface area contributed by atoms with E-state index in [2.05, 4.69) is 21.2 Å². The zero-order valence-corrected chi connectivity index (χ0v) is 17.8. The Morgan fingerprint density at radius 3 is 2.32 bits per heavy atom. The second-order valence-corrected chi connectivity index (χ2v) is 7.60. The summed E-state index contributed by atoms with van der Waals surface area (Å²) in [6.07, 6.45) is 0. The summed E-state index contributed by atoms with van der Waals surface area (Å²) in [5.74, 6) is -0.419. The van der Waals surface area contributed by atoms with Gasteiger partial charge in [-0.1, -0.05) is 15.9 Å². The lowest BCUT2D eigenvalue weighted by atomic mass is 10.1. The van der Waals surface area contributed by atoms with E-state index in [0.717, 1.165) is 4.47 Å². The first-order chi connectivity index (χ1) is 13.4. The number of ether oxygens (including phenoxy) is 2. The molecule has 0 saturated heterocycles. The third-order valence-corrected chi connectivity index (χ3v) is 5.31. The molecule has 1 unspecified atom stereocenters. The highest BCUT2D eigenvalue weighted by molar-refractivity contribution is 9.10. The number of nitrogens with zero attached hydrogens (tertiary/aromatic N) is 1. The van der Waals surface area contributed by atoms with E-state index in [4.69, 9.17) is 9.47 Å². The molecular formula is C19H19BrN2O5P+. The van der Waals surface area contributed by atoms with Crippen molar-refractivity contribution >= 4 is 35.6 Å². The summed E-state index contributed by atoms with van der Waals surface area (Å²) >= 11 is 3.28. The maximum absolute atomic E-state index is 12.5. The average molecular weight is 466 g/mol. The number of benzene rings is 2. The fourth-order valence-corrected chi connectivity index (χ4v) is 3.78. The summed E-state index contributed by atoms with van der Waals surface area (Å²) in [6.45, 7) is 3.73. The van der Waals surface area contributed by atoms with E-state index in [-0.39, 0.29) is 13.2 Å². The molecule has 0 aliphatic carbocycles. The summed E-state index contributed by atoms with van der Waals surface area (Å²) in [4.78, 5) is 22.3. The van der Waals surface area contributed by atoms with Crippen LogP contribution in [0.1, 0.15) is 35.3 Å². The van der Waals surface area contributed by atoms with Crippen molar-refractivity contribution < 1.29 is 23.7 Å². The molecule has 2 aromatic carbocycles. The first-order valence-corrected chi connectivity index (χ1v) is 10.4. The minimum Gasteiger partial charge on any atom is -0.321 e. The number of carbonyl (C=O) groups excluding carboxylic acids is 1. The van der Waals surface area contributed by atoms with Crippen molar-refractivity contribution in [3.8, 4) is 6.07 Å². The van der Waals surface area contributed by atoms with Crippen molar-refractivity contribution in [2.45, 2.75) is 19.4 Å². The highest BCUT2D eigenvalue weighted by Crippen LogP contribution is 2.46. The van der Waals surface area contributed by atoms with Crippen LogP contribution in [0.15, 0.2) is 46.9 Å². The van der Waals surface area contributed by atoms with E-state index in [0.29, 0.717) is 22.4 Å². The predicted molar refractivity (Wildman–Crippen MR) is 108 cm³/mol. The third-order valence-electron chi connectivity index (χ3n) is 3.79. The lowest BCUT2D eigenvalue weighted by Crippen LogP contribution is -2.30. The SMILES string of the molecule is CCOC(OCC)(c1ccc(C(=O)Nc2ccc(Br)cc2C#N)cc1)[P+](=O)O. The Bertz CT molecular complexity index is 906. The molecule has 28 heavy (non-hydrogen) atoms. The van der Waals surface area contributed by atoms with E-state index < -0.39 is 19.5 Å². The number of rotatable bonds is 8. The summed E-state index contributed by atoms with van der Waals surface area (Å²) in [7, 11) is -2.85. The molecule has 0 aromatic heterocycles. The second-order valence-electron chi connectivity index (χ2n) is 5.55. The number of halogens is 1. The number of nitriles is 1. The van der Waals surface area contributed by atoms with Crippen molar-refractivity contribution in [2.75, 3.05) is 18.5 Å². The topological polar surface area (TPSA) is 109 Å². The molecule has 2 rings (SSSR count). The maximum atomic E-state index is 12.5. The van der Waals surface area contributed by atoms with Crippen molar-refractivity contribution in [3.05, 3.63) is 63.6 Å². The van der Waals surface area contributed by atoms with Gasteiger partial charge in [0.2, 0.25) is 0 Å². The second kappa shape index (κ2) is 9.87. The number of nitrogens with one attached hydrogen (secondary N) is 1. The van der Waals surface area contributed by atoms with Crippen LogP contribution in [0, 0.1) is 11.3 Å². The zero-order chi connectivity index (χ0) is 20.7. The van der Waals surface area contributed by atoms with Gasteiger partial charge in [0.1, 0.15) is 6.07 Å². The average Bonchev–Trinajstić information content (AvgIpc) is 2.68. The Morgan fingerprint density at radius 2 is 1.82 bits per heavy atom. The van der Waals surface area contributed by atoms with Crippen molar-refractivity contribution in [2.24, 2.45) is 0 Å². The molecule has 9 heteroatoms. The Labute approximate surface area is 172 Å². The van der Waals surface area contributed by atoms with E-state index in [1.807, 2.05) is 6.07 Å². The van der Waals surface area contributed by atoms with Gasteiger partial charge in [-0.25, -0.2) is 0 Å². The fraction of sp³-hybridized carbons (Fsp3) is 0.263. The zero-order valence-electron chi connectivity index (χ0n) is 15.3. The molecule has 2 N–H and O–H groups in total. The molecule has 1 atom stereocenters. The van der Waals surface area contributed by atoms with Gasteiger partial charge in [0.15, 0.2) is 0 Å². The Balaban J connectivity index is 2.29. The monoisotopic (exact) mass is 465 g/mol. The Morgan fingerprint density at radius 1 is 1.21 bits per heavy atom. The smallest absolute Gasteiger partial charge is 0.321 e. The molecule has 0 heterocycles. The van der Waals surface area contributed by atoms with Gasteiger partial charge in [-0.05, 0) is 60.9 Å². The maximum Gasteiger partial charge on any atom is 0.578 e. The molecule has 7 nitrogen and oxygen atoms in total. The molecule has 0 bridgehead atoms. The summed E-state index contributed by atoms with van der Waals surface area (Å²) in [5.41, 5.74) is -0.434. The quantitative estimate of drug-likeness (QED) is 0.439. The van der Waals surface area contributed by atoms with Gasteiger partial charge in [0, 0.05) is 10.0 Å². The van der Waals surface area contributed by atoms with Gasteiger partial charge < -0.3 is 14.8 Å². The molecule has 0 spiro atoms. The van der Waals surface area contributed by atoms with Gasteiger partial charge in [-0.2, -0.15) is 10.2 Å². The largest absolute Gasteiger partial charge is 0.578 e. The predicted octanol–water partition coefficient (Wildman–Crippen LogP) is 4.49. The molecule has 146 valence electrons. The third kappa shape index (κ3) is 4.82. The number of carbonyl (C=O) groups is 1. The molecule has 0 aliphatic heterocycles. The highest BCUT2D eigenvalue weighted by atomic mass is 79.9. The van der Waals surface area contributed by atoms with Crippen LogP contribution in [0.4, 0.5) is 5.69 Å². The van der Waals surface area contributed by atoms with Crippen molar-refractivity contribution in [3.63, 3.8) is 0 Å². The minimum atomic E-state index is -2.85. The van der Waals surface area contributed by atoms with Crippen LogP contribution in [-0.4, -0.2) is 24.0 Å². The van der Waals surface area contributed by atoms with Crippen LogP contribution in [0.25, 0.3) is 0 Å². The molecular weight excluding hydrogens is 447 g/mol. The molecule has 0 fully saturated rings. The minimum absolute atomic E-state index is 0.171. The Hall–Kier alpha value is -2.14. The number of anilines is 1. The van der Waals surface area contributed by atoms with Crippen molar-refractivity contribution in [1.82, 2.24) is 0 Å². The van der Waals surface area contributed by atoms with E-state index >= 15 is 0 Å². The summed E-state index contributed by atoms with van der Waals surface area (Å²) < 4.78 is 23.6. The summed E-state index contributed by atoms with van der Waals surface area (Å²) in [5, 5.41) is 11.9. The lowest BCUT2D eigenvalue weighted by molar-refractivity contribution is -0.183. The first-order valence-electron chi connectivity index (χ1n) is 8.43.